The van der Waals surface area contributed by atoms with E-state index in [0.29, 0.717) is 23.2 Å². The minimum atomic E-state index is -0.399. The van der Waals surface area contributed by atoms with Gasteiger partial charge < -0.3 is 4.57 Å². The first-order valence-corrected chi connectivity index (χ1v) is 13.2. The molecule has 8 heteroatoms. The Bertz CT molecular complexity index is 1540. The summed E-state index contributed by atoms with van der Waals surface area (Å²) in [5.74, 6) is -0.0620. The van der Waals surface area contributed by atoms with Crippen molar-refractivity contribution in [2.24, 2.45) is 4.99 Å². The van der Waals surface area contributed by atoms with Crippen molar-refractivity contribution in [1.29, 1.82) is 0 Å². The highest BCUT2D eigenvalue weighted by molar-refractivity contribution is 8.18. The number of amidine groups is 1. The van der Waals surface area contributed by atoms with Crippen molar-refractivity contribution >= 4 is 34.6 Å². The van der Waals surface area contributed by atoms with E-state index in [9.17, 15) is 14.9 Å². The van der Waals surface area contributed by atoms with Gasteiger partial charge in [-0.3, -0.25) is 24.8 Å². The molecule has 2 heterocycles. The molecule has 1 fully saturated rings. The average Bonchev–Trinajstić information content (AvgIpc) is 3.47. The fourth-order valence-electron chi connectivity index (χ4n) is 4.53. The number of hydrogen-bond acceptors (Lipinski definition) is 5. The molecule has 1 saturated heterocycles. The predicted molar refractivity (Wildman–Crippen MR) is 154 cm³/mol. The first kappa shape index (κ1) is 25.2. The summed E-state index contributed by atoms with van der Waals surface area (Å²) in [6.07, 6.45) is 1.94. The Balaban J connectivity index is 1.78. The fraction of sp³-hybridized carbons (Fsp3) is 0.133. The molecule has 3 aromatic carbocycles. The molecule has 1 aliphatic rings. The van der Waals surface area contributed by atoms with Gasteiger partial charge in [0, 0.05) is 36.5 Å². The second-order valence-corrected chi connectivity index (χ2v) is 9.60. The number of nitro groups is 1. The molecule has 0 bridgehead atoms. The summed E-state index contributed by atoms with van der Waals surface area (Å²) in [5, 5.41) is 12.0. The van der Waals surface area contributed by atoms with Crippen molar-refractivity contribution in [1.82, 2.24) is 9.47 Å². The van der Waals surface area contributed by atoms with Gasteiger partial charge >= 0.3 is 0 Å². The summed E-state index contributed by atoms with van der Waals surface area (Å²) in [7, 11) is 0. The topological polar surface area (TPSA) is 80.7 Å². The van der Waals surface area contributed by atoms with Crippen molar-refractivity contribution in [2.45, 2.75) is 13.8 Å². The number of thioether (sulfide) groups is 1. The van der Waals surface area contributed by atoms with Crippen LogP contribution in [0.2, 0.25) is 0 Å². The fourth-order valence-corrected chi connectivity index (χ4v) is 5.62. The van der Waals surface area contributed by atoms with E-state index >= 15 is 0 Å². The summed E-state index contributed by atoms with van der Waals surface area (Å²) in [5.41, 5.74) is 5.44. The predicted octanol–water partition coefficient (Wildman–Crippen LogP) is 7.03. The van der Waals surface area contributed by atoms with E-state index in [1.54, 1.807) is 17.0 Å². The van der Waals surface area contributed by atoms with Crippen LogP contribution in [0.4, 0.5) is 5.69 Å². The van der Waals surface area contributed by atoms with Gasteiger partial charge in [0.15, 0.2) is 5.17 Å². The van der Waals surface area contributed by atoms with Crippen LogP contribution in [0.1, 0.15) is 19.4 Å². The zero-order valence-electron chi connectivity index (χ0n) is 21.1. The molecule has 7 nitrogen and oxygen atoms in total. The van der Waals surface area contributed by atoms with Crippen LogP contribution >= 0.6 is 11.8 Å². The lowest BCUT2D eigenvalue weighted by Gasteiger charge is -2.15. The van der Waals surface area contributed by atoms with Crippen molar-refractivity contribution in [3.63, 3.8) is 0 Å². The molecule has 190 valence electrons. The van der Waals surface area contributed by atoms with Gasteiger partial charge in [-0.25, -0.2) is 0 Å². The SMILES string of the molecule is CCN=C1S/C(=C/c2cc(-c3ccccc3)n(-c3ccc([N+](=O)[O-])cc3)c2-c2ccccc2)C(=O)N1CC. The van der Waals surface area contributed by atoms with E-state index in [4.69, 9.17) is 0 Å². The van der Waals surface area contributed by atoms with E-state index < -0.39 is 4.92 Å². The average molecular weight is 523 g/mol. The van der Waals surface area contributed by atoms with E-state index in [1.165, 1.54) is 23.9 Å². The third-order valence-electron chi connectivity index (χ3n) is 6.25. The number of non-ortho nitro benzene ring substituents is 1. The number of aliphatic imine (C=N–C) groups is 1. The van der Waals surface area contributed by atoms with Gasteiger partial charge in [-0.15, -0.1) is 0 Å². The number of nitrogens with zero attached hydrogens (tertiary/aromatic N) is 4. The molecule has 0 spiro atoms. The molecule has 38 heavy (non-hydrogen) atoms. The van der Waals surface area contributed by atoms with Crippen LogP contribution in [0.15, 0.2) is 101 Å². The number of amides is 1. The number of carbonyl (C=O) groups is 1. The van der Waals surface area contributed by atoms with Crippen molar-refractivity contribution in [3.05, 3.63) is 112 Å². The maximum Gasteiger partial charge on any atom is 0.269 e. The normalized spacial score (nSPS) is 15.5. The lowest BCUT2D eigenvalue weighted by atomic mass is 10.1. The van der Waals surface area contributed by atoms with Crippen molar-refractivity contribution in [3.8, 4) is 28.2 Å². The van der Waals surface area contributed by atoms with Crippen LogP contribution in [0.5, 0.6) is 0 Å². The summed E-state index contributed by atoms with van der Waals surface area (Å²) in [4.78, 5) is 31.0. The van der Waals surface area contributed by atoms with Gasteiger partial charge in [0.1, 0.15) is 0 Å². The minimum absolute atomic E-state index is 0.0288. The van der Waals surface area contributed by atoms with E-state index in [0.717, 1.165) is 33.8 Å². The highest BCUT2D eigenvalue weighted by Gasteiger charge is 2.32. The second-order valence-electron chi connectivity index (χ2n) is 8.59. The lowest BCUT2D eigenvalue weighted by Crippen LogP contribution is -2.28. The Hall–Kier alpha value is -4.43. The van der Waals surface area contributed by atoms with E-state index in [2.05, 4.69) is 15.6 Å². The molecule has 0 atom stereocenters. The van der Waals surface area contributed by atoms with Crippen molar-refractivity contribution < 1.29 is 9.72 Å². The lowest BCUT2D eigenvalue weighted by molar-refractivity contribution is -0.384. The number of nitro benzene ring substituents is 1. The third-order valence-corrected chi connectivity index (χ3v) is 7.29. The molecule has 1 amide bonds. The zero-order chi connectivity index (χ0) is 26.6. The number of rotatable bonds is 7. The van der Waals surface area contributed by atoms with Gasteiger partial charge in [-0.1, -0.05) is 60.7 Å². The van der Waals surface area contributed by atoms with Crippen molar-refractivity contribution in [2.75, 3.05) is 13.1 Å². The summed E-state index contributed by atoms with van der Waals surface area (Å²) in [6.45, 7) is 5.05. The largest absolute Gasteiger partial charge is 0.309 e. The van der Waals surface area contributed by atoms with Gasteiger partial charge in [0.25, 0.3) is 11.6 Å². The van der Waals surface area contributed by atoms with Gasteiger partial charge in [0.05, 0.1) is 21.2 Å². The number of benzene rings is 3. The Morgan fingerprint density at radius 1 is 0.921 bits per heavy atom. The Kier molecular flexibility index (Phi) is 7.24. The zero-order valence-corrected chi connectivity index (χ0v) is 21.9. The van der Waals surface area contributed by atoms with Gasteiger partial charge in [-0.2, -0.15) is 0 Å². The summed E-state index contributed by atoms with van der Waals surface area (Å²) >= 11 is 1.39. The monoisotopic (exact) mass is 522 g/mol. The molecular formula is C30H26N4O3S. The highest BCUT2D eigenvalue weighted by Crippen LogP contribution is 2.40. The highest BCUT2D eigenvalue weighted by atomic mass is 32.2. The standard InChI is InChI=1S/C30H26N4O3S/c1-3-31-30-32(4-2)29(35)27(38-30)20-23-19-26(21-11-7-5-8-12-21)33(28(23)22-13-9-6-10-14-22)24-15-17-25(18-16-24)34(36)37/h5-20H,3-4H2,1-2H3/b27-20+,31-30?. The quantitative estimate of drug-likeness (QED) is 0.148. The van der Waals surface area contributed by atoms with Gasteiger partial charge in [-0.05, 0) is 61.0 Å². The van der Waals surface area contributed by atoms with Crippen LogP contribution in [-0.4, -0.2) is 38.6 Å². The first-order chi connectivity index (χ1) is 18.5. The van der Waals surface area contributed by atoms with E-state index in [-0.39, 0.29) is 11.6 Å². The maximum atomic E-state index is 13.3. The van der Waals surface area contributed by atoms with Crippen LogP contribution in [0.25, 0.3) is 34.3 Å². The second kappa shape index (κ2) is 10.9. The molecule has 0 saturated carbocycles. The van der Waals surface area contributed by atoms with Crippen LogP contribution in [0, 0.1) is 10.1 Å². The van der Waals surface area contributed by atoms with Crippen LogP contribution in [-0.2, 0) is 4.79 Å². The molecule has 0 aliphatic carbocycles. The number of hydrogen-bond donors (Lipinski definition) is 0. The molecule has 4 aromatic rings. The molecule has 0 N–H and O–H groups in total. The van der Waals surface area contributed by atoms with Crippen LogP contribution < -0.4 is 0 Å². The summed E-state index contributed by atoms with van der Waals surface area (Å²) in [6, 6.07) is 28.6. The maximum absolute atomic E-state index is 13.3. The molecule has 0 radical (unpaired) electrons. The molecule has 5 rings (SSSR count). The molecular weight excluding hydrogens is 496 g/mol. The Morgan fingerprint density at radius 2 is 1.55 bits per heavy atom. The number of carbonyl (C=O) groups excluding carboxylic acids is 1. The molecule has 0 unspecified atom stereocenters. The Morgan fingerprint density at radius 3 is 2.13 bits per heavy atom. The smallest absolute Gasteiger partial charge is 0.269 e. The first-order valence-electron chi connectivity index (χ1n) is 12.4. The number of aromatic nitrogens is 1. The van der Waals surface area contributed by atoms with E-state index in [1.807, 2.05) is 80.6 Å². The van der Waals surface area contributed by atoms with Gasteiger partial charge in [0.2, 0.25) is 0 Å². The molecule has 1 aromatic heterocycles. The summed E-state index contributed by atoms with van der Waals surface area (Å²) < 4.78 is 2.10. The Labute approximate surface area is 225 Å². The molecule has 1 aliphatic heterocycles. The number of likely N-dealkylation sites (N-methyl/N-ethyl adjacent to an activating group) is 1. The minimum Gasteiger partial charge on any atom is -0.309 e. The van der Waals surface area contributed by atoms with Crippen LogP contribution in [0.3, 0.4) is 0 Å². The third kappa shape index (κ3) is 4.78.